The van der Waals surface area contributed by atoms with Crippen LogP contribution in [0.4, 0.5) is 11.1 Å². The fourth-order valence-corrected chi connectivity index (χ4v) is 4.50. The van der Waals surface area contributed by atoms with Gasteiger partial charge in [-0.05, 0) is 38.3 Å². The first kappa shape index (κ1) is 18.7. The van der Waals surface area contributed by atoms with Crippen molar-refractivity contribution in [2.75, 3.05) is 11.9 Å². The second kappa shape index (κ2) is 8.57. The van der Waals surface area contributed by atoms with Crippen molar-refractivity contribution in [3.63, 3.8) is 0 Å². The molecule has 1 fully saturated rings. The Bertz CT molecular complexity index is 968. The monoisotopic (exact) mass is 412 g/mol. The van der Waals surface area contributed by atoms with Gasteiger partial charge in [-0.3, -0.25) is 4.79 Å². The van der Waals surface area contributed by atoms with Gasteiger partial charge in [-0.2, -0.15) is 0 Å². The molecular weight excluding hydrogens is 392 g/mol. The van der Waals surface area contributed by atoms with Crippen LogP contribution in [-0.2, 0) is 4.79 Å². The zero-order chi connectivity index (χ0) is 19.3. The molecule has 1 aliphatic heterocycles. The topological polar surface area (TPSA) is 83.9 Å². The smallest absolute Gasteiger partial charge is 0.247 e. The number of carbonyl (C=O) groups excluding carboxylic acids is 1. The van der Waals surface area contributed by atoms with Crippen LogP contribution in [0.1, 0.15) is 41.7 Å². The molecule has 1 N–H and O–H groups in total. The number of nitrogens with zero attached hydrogens (tertiary/aromatic N) is 5. The molecule has 9 heteroatoms. The van der Waals surface area contributed by atoms with Gasteiger partial charge in [0.05, 0.1) is 22.4 Å². The zero-order valence-corrected chi connectivity index (χ0v) is 17.0. The van der Waals surface area contributed by atoms with Crippen LogP contribution in [0.5, 0.6) is 0 Å². The Morgan fingerprint density at radius 2 is 2.07 bits per heavy atom. The molecular formula is C19H20N6OS2. The summed E-state index contributed by atoms with van der Waals surface area (Å²) in [6.45, 7) is 2.70. The van der Waals surface area contributed by atoms with Crippen molar-refractivity contribution >= 4 is 45.7 Å². The van der Waals surface area contributed by atoms with Gasteiger partial charge >= 0.3 is 0 Å². The number of aryl methyl sites for hydroxylation is 1. The van der Waals surface area contributed by atoms with Crippen LogP contribution in [0.2, 0.25) is 0 Å². The highest BCUT2D eigenvalue weighted by Gasteiger charge is 2.28. The van der Waals surface area contributed by atoms with E-state index in [0.29, 0.717) is 5.95 Å². The molecule has 0 aliphatic carbocycles. The summed E-state index contributed by atoms with van der Waals surface area (Å²) in [6, 6.07) is 1.76. The number of rotatable bonds is 5. The third-order valence-corrected chi connectivity index (χ3v) is 6.03. The number of carbonyl (C=O) groups is 1. The molecule has 1 saturated heterocycles. The van der Waals surface area contributed by atoms with E-state index >= 15 is 0 Å². The molecule has 3 aromatic rings. The van der Waals surface area contributed by atoms with E-state index in [2.05, 4.69) is 25.3 Å². The summed E-state index contributed by atoms with van der Waals surface area (Å²) in [6.07, 6.45) is 9.79. The molecule has 0 radical (unpaired) electrons. The minimum atomic E-state index is -0.00781. The van der Waals surface area contributed by atoms with Crippen LogP contribution in [0.15, 0.2) is 35.3 Å². The molecule has 0 aromatic carbocycles. The maximum absolute atomic E-state index is 12.8. The molecule has 144 valence electrons. The first-order chi connectivity index (χ1) is 13.7. The lowest BCUT2D eigenvalue weighted by molar-refractivity contribution is -0.129. The second-order valence-electron chi connectivity index (χ2n) is 6.44. The number of piperidine rings is 1. The average molecular weight is 413 g/mol. The lowest BCUT2D eigenvalue weighted by Gasteiger charge is -2.34. The van der Waals surface area contributed by atoms with Crippen molar-refractivity contribution in [1.82, 2.24) is 24.8 Å². The lowest BCUT2D eigenvalue weighted by Crippen LogP contribution is -2.37. The van der Waals surface area contributed by atoms with Gasteiger partial charge in [-0.15, -0.1) is 22.7 Å². The van der Waals surface area contributed by atoms with E-state index in [4.69, 9.17) is 0 Å². The van der Waals surface area contributed by atoms with Gasteiger partial charge in [0, 0.05) is 35.8 Å². The fourth-order valence-electron chi connectivity index (χ4n) is 3.17. The molecule has 7 nitrogen and oxygen atoms in total. The van der Waals surface area contributed by atoms with E-state index in [1.807, 2.05) is 22.6 Å². The Morgan fingerprint density at radius 1 is 1.21 bits per heavy atom. The Balaban J connectivity index is 1.47. The molecule has 4 rings (SSSR count). The summed E-state index contributed by atoms with van der Waals surface area (Å²) in [5.41, 5.74) is 1.74. The molecule has 3 aromatic heterocycles. The van der Waals surface area contributed by atoms with Crippen LogP contribution < -0.4 is 5.32 Å². The summed E-state index contributed by atoms with van der Waals surface area (Å²) >= 11 is 3.08. The highest BCUT2D eigenvalue weighted by Crippen LogP contribution is 2.33. The molecule has 4 heterocycles. The second-order valence-corrected chi connectivity index (χ2v) is 8.36. The normalized spacial score (nSPS) is 17.2. The Labute approximate surface area is 171 Å². The van der Waals surface area contributed by atoms with Crippen molar-refractivity contribution < 1.29 is 4.79 Å². The Hall–Kier alpha value is -2.65. The number of hydrogen-bond acceptors (Lipinski definition) is 8. The third kappa shape index (κ3) is 4.42. The number of amides is 1. The number of likely N-dealkylation sites (tertiary alicyclic amines) is 1. The van der Waals surface area contributed by atoms with Gasteiger partial charge in [-0.25, -0.2) is 19.9 Å². The summed E-state index contributed by atoms with van der Waals surface area (Å²) in [4.78, 5) is 32.1. The first-order valence-corrected chi connectivity index (χ1v) is 10.9. The first-order valence-electron chi connectivity index (χ1n) is 9.09. The van der Waals surface area contributed by atoms with Crippen molar-refractivity contribution in [3.8, 4) is 0 Å². The van der Waals surface area contributed by atoms with Crippen molar-refractivity contribution in [1.29, 1.82) is 0 Å². The number of thiazole rings is 2. The van der Waals surface area contributed by atoms with E-state index in [1.165, 1.54) is 11.3 Å². The van der Waals surface area contributed by atoms with E-state index in [0.717, 1.165) is 47.3 Å². The maximum Gasteiger partial charge on any atom is 0.247 e. The fraction of sp³-hybridized carbons (Fsp3) is 0.316. The summed E-state index contributed by atoms with van der Waals surface area (Å²) < 4.78 is 0. The molecule has 1 amide bonds. The lowest BCUT2D eigenvalue weighted by atomic mass is 10.00. The summed E-state index contributed by atoms with van der Waals surface area (Å²) in [5.74, 6) is 0.519. The molecule has 28 heavy (non-hydrogen) atoms. The molecule has 0 bridgehead atoms. The molecule has 1 unspecified atom stereocenters. The van der Waals surface area contributed by atoms with Gasteiger partial charge in [0.25, 0.3) is 0 Å². The SMILES string of the molecule is Cc1nc(/C=C/C(=O)N2CCCCC2c2csc(Nc3ncccn3)n2)cs1. The van der Waals surface area contributed by atoms with Crippen LogP contribution in [0, 0.1) is 6.92 Å². The van der Waals surface area contributed by atoms with E-state index < -0.39 is 0 Å². The zero-order valence-electron chi connectivity index (χ0n) is 15.4. The average Bonchev–Trinajstić information content (AvgIpc) is 3.36. The highest BCUT2D eigenvalue weighted by molar-refractivity contribution is 7.13. The van der Waals surface area contributed by atoms with Crippen molar-refractivity contribution in [2.24, 2.45) is 0 Å². The summed E-state index contributed by atoms with van der Waals surface area (Å²) in [7, 11) is 0. The standard InChI is InChI=1S/C19H20N6OS2/c1-13-22-14(11-27-13)6-7-17(26)25-10-3-2-5-16(25)15-12-28-19(23-15)24-18-20-8-4-9-21-18/h4,6-9,11-12,16H,2-3,5,10H2,1H3,(H,20,21,23,24)/b7-6+. The van der Waals surface area contributed by atoms with Crippen LogP contribution >= 0.6 is 22.7 Å². The van der Waals surface area contributed by atoms with Crippen LogP contribution in [-0.4, -0.2) is 37.3 Å². The maximum atomic E-state index is 12.8. The van der Waals surface area contributed by atoms with Gasteiger partial charge in [-0.1, -0.05) is 0 Å². The molecule has 0 saturated carbocycles. The minimum Gasteiger partial charge on any atom is -0.331 e. The van der Waals surface area contributed by atoms with Crippen LogP contribution in [0.25, 0.3) is 6.08 Å². The largest absolute Gasteiger partial charge is 0.331 e. The van der Waals surface area contributed by atoms with E-state index in [-0.39, 0.29) is 11.9 Å². The quantitative estimate of drug-likeness (QED) is 0.632. The van der Waals surface area contributed by atoms with Crippen molar-refractivity contribution in [3.05, 3.63) is 51.7 Å². The van der Waals surface area contributed by atoms with Crippen molar-refractivity contribution in [2.45, 2.75) is 32.2 Å². The minimum absolute atomic E-state index is 0.00394. The highest BCUT2D eigenvalue weighted by atomic mass is 32.1. The van der Waals surface area contributed by atoms with Gasteiger partial charge in [0.2, 0.25) is 11.9 Å². The van der Waals surface area contributed by atoms with Crippen LogP contribution in [0.3, 0.4) is 0 Å². The van der Waals surface area contributed by atoms with Gasteiger partial charge in [0.1, 0.15) is 0 Å². The Morgan fingerprint density at radius 3 is 2.86 bits per heavy atom. The number of aromatic nitrogens is 4. The predicted molar refractivity (Wildman–Crippen MR) is 112 cm³/mol. The molecule has 1 atom stereocenters. The summed E-state index contributed by atoms with van der Waals surface area (Å²) in [5, 5.41) is 8.80. The number of hydrogen-bond donors (Lipinski definition) is 1. The number of anilines is 2. The van der Waals surface area contributed by atoms with E-state index in [9.17, 15) is 4.79 Å². The number of nitrogens with one attached hydrogen (secondary N) is 1. The van der Waals surface area contributed by atoms with Gasteiger partial charge < -0.3 is 10.2 Å². The van der Waals surface area contributed by atoms with E-state index in [1.54, 1.807) is 41.9 Å². The molecule has 1 aliphatic rings. The van der Waals surface area contributed by atoms with Gasteiger partial charge in [0.15, 0.2) is 5.13 Å². The Kier molecular flexibility index (Phi) is 5.73. The predicted octanol–water partition coefficient (Wildman–Crippen LogP) is 4.21. The molecule has 0 spiro atoms. The third-order valence-electron chi connectivity index (χ3n) is 4.47.